The first kappa shape index (κ1) is 20.5. The lowest BCUT2D eigenvalue weighted by atomic mass is 10.1. The van der Waals surface area contributed by atoms with Crippen molar-refractivity contribution < 1.29 is 19.1 Å². The number of rotatable bonds is 6. The minimum Gasteiger partial charge on any atom is -0.459 e. The third-order valence-corrected chi connectivity index (χ3v) is 4.30. The predicted octanol–water partition coefficient (Wildman–Crippen LogP) is 4.35. The van der Waals surface area contributed by atoms with Crippen LogP contribution < -0.4 is 5.32 Å². The highest BCUT2D eigenvalue weighted by atomic mass is 16.6. The number of amides is 1. The molecule has 1 amide bonds. The van der Waals surface area contributed by atoms with Gasteiger partial charge >= 0.3 is 12.1 Å². The van der Waals surface area contributed by atoms with Crippen LogP contribution in [0.15, 0.2) is 60.8 Å². The molecule has 0 aliphatic rings. The fourth-order valence-electron chi connectivity index (χ4n) is 2.99. The van der Waals surface area contributed by atoms with Crippen molar-refractivity contribution in [2.24, 2.45) is 0 Å². The fraction of sp³-hybridized carbons (Fsp3) is 0.304. The first-order valence-corrected chi connectivity index (χ1v) is 9.57. The van der Waals surface area contributed by atoms with Crippen LogP contribution in [-0.4, -0.2) is 28.7 Å². The van der Waals surface area contributed by atoms with Crippen molar-refractivity contribution in [3.8, 4) is 0 Å². The van der Waals surface area contributed by atoms with Gasteiger partial charge in [0.15, 0.2) is 0 Å². The van der Waals surface area contributed by atoms with Gasteiger partial charge in [0.2, 0.25) is 0 Å². The van der Waals surface area contributed by atoms with E-state index in [0.717, 1.165) is 22.0 Å². The molecule has 0 aliphatic carbocycles. The summed E-state index contributed by atoms with van der Waals surface area (Å²) in [7, 11) is 0. The van der Waals surface area contributed by atoms with Crippen LogP contribution >= 0.6 is 0 Å². The van der Waals surface area contributed by atoms with E-state index in [-0.39, 0.29) is 13.0 Å². The Labute approximate surface area is 170 Å². The first-order valence-electron chi connectivity index (χ1n) is 9.57. The summed E-state index contributed by atoms with van der Waals surface area (Å²) in [4.78, 5) is 28.3. The number of benzene rings is 2. The number of aromatic nitrogens is 1. The molecule has 3 aromatic rings. The van der Waals surface area contributed by atoms with E-state index in [9.17, 15) is 9.59 Å². The van der Waals surface area contributed by atoms with Crippen molar-refractivity contribution in [1.29, 1.82) is 0 Å². The third-order valence-electron chi connectivity index (χ3n) is 4.30. The number of nitrogens with one attached hydrogen (secondary N) is 2. The van der Waals surface area contributed by atoms with Crippen molar-refractivity contribution in [1.82, 2.24) is 10.3 Å². The fourth-order valence-corrected chi connectivity index (χ4v) is 2.99. The minimum atomic E-state index is -0.868. The summed E-state index contributed by atoms with van der Waals surface area (Å²) in [6.45, 7) is 5.46. The molecule has 1 aromatic heterocycles. The van der Waals surface area contributed by atoms with Crippen molar-refractivity contribution >= 4 is 23.0 Å². The number of hydrogen-bond donors (Lipinski definition) is 2. The molecular weight excluding hydrogens is 368 g/mol. The quantitative estimate of drug-likeness (QED) is 0.609. The summed E-state index contributed by atoms with van der Waals surface area (Å²) in [5.41, 5.74) is 2.10. The molecule has 2 aromatic carbocycles. The van der Waals surface area contributed by atoms with E-state index in [1.54, 1.807) is 20.8 Å². The first-order chi connectivity index (χ1) is 13.8. The largest absolute Gasteiger partial charge is 0.459 e. The number of aromatic amines is 1. The standard InChI is InChI=1S/C23H26N2O4/c1-23(2,3)29-22(27)25-20(21(26)28-15-16-9-5-4-6-10-16)13-17-14-24-19-12-8-7-11-18(17)19/h4-12,14,20,24H,13,15H2,1-3H3,(H,25,27)/t20-/m1/s1. The van der Waals surface area contributed by atoms with Crippen LogP contribution in [0.3, 0.4) is 0 Å². The Morgan fingerprint density at radius 2 is 1.72 bits per heavy atom. The van der Waals surface area contributed by atoms with Gasteiger partial charge in [0.05, 0.1) is 0 Å². The van der Waals surface area contributed by atoms with E-state index < -0.39 is 23.7 Å². The molecule has 152 valence electrons. The summed E-state index contributed by atoms with van der Waals surface area (Å²) in [5, 5.41) is 3.66. The monoisotopic (exact) mass is 394 g/mol. The molecular formula is C23H26N2O4. The minimum absolute atomic E-state index is 0.139. The summed E-state index contributed by atoms with van der Waals surface area (Å²) in [6.07, 6.45) is 1.48. The second kappa shape index (κ2) is 8.82. The van der Waals surface area contributed by atoms with Gasteiger partial charge in [-0.25, -0.2) is 9.59 Å². The van der Waals surface area contributed by atoms with Crippen LogP contribution in [0.4, 0.5) is 4.79 Å². The molecule has 1 heterocycles. The molecule has 1 atom stereocenters. The van der Waals surface area contributed by atoms with Crippen molar-refractivity contribution in [2.75, 3.05) is 0 Å². The molecule has 6 nitrogen and oxygen atoms in total. The highest BCUT2D eigenvalue weighted by Gasteiger charge is 2.26. The molecule has 0 radical (unpaired) electrons. The number of ether oxygens (including phenoxy) is 2. The number of H-pyrrole nitrogens is 1. The van der Waals surface area contributed by atoms with E-state index >= 15 is 0 Å². The Morgan fingerprint density at radius 3 is 2.45 bits per heavy atom. The van der Waals surface area contributed by atoms with Crippen LogP contribution in [0, 0.1) is 0 Å². The van der Waals surface area contributed by atoms with Gasteiger partial charge < -0.3 is 19.8 Å². The molecule has 0 saturated heterocycles. The van der Waals surface area contributed by atoms with Gasteiger partial charge in [-0.2, -0.15) is 0 Å². The maximum absolute atomic E-state index is 12.8. The topological polar surface area (TPSA) is 80.4 Å². The Kier molecular flexibility index (Phi) is 6.22. The molecule has 29 heavy (non-hydrogen) atoms. The zero-order valence-electron chi connectivity index (χ0n) is 16.9. The summed E-state index contributed by atoms with van der Waals surface area (Å²) in [5.74, 6) is -0.509. The predicted molar refractivity (Wildman–Crippen MR) is 111 cm³/mol. The molecule has 0 unspecified atom stereocenters. The van der Waals surface area contributed by atoms with Gasteiger partial charge in [0, 0.05) is 23.5 Å². The van der Waals surface area contributed by atoms with Crippen LogP contribution in [0.5, 0.6) is 0 Å². The molecule has 2 N–H and O–H groups in total. The zero-order valence-corrected chi connectivity index (χ0v) is 16.9. The van der Waals surface area contributed by atoms with Gasteiger partial charge in [0.25, 0.3) is 0 Å². The number of hydrogen-bond acceptors (Lipinski definition) is 4. The average molecular weight is 394 g/mol. The number of para-hydroxylation sites is 1. The lowest BCUT2D eigenvalue weighted by molar-refractivity contribution is -0.147. The zero-order chi connectivity index (χ0) is 20.9. The molecule has 3 rings (SSSR count). The average Bonchev–Trinajstić information content (AvgIpc) is 3.08. The van der Waals surface area contributed by atoms with E-state index in [0.29, 0.717) is 0 Å². The second-order valence-corrected chi connectivity index (χ2v) is 7.86. The molecule has 0 fully saturated rings. The van der Waals surface area contributed by atoms with Gasteiger partial charge in [-0.15, -0.1) is 0 Å². The van der Waals surface area contributed by atoms with E-state index in [2.05, 4.69) is 10.3 Å². The van der Waals surface area contributed by atoms with Crippen LogP contribution in [-0.2, 0) is 27.3 Å². The summed E-state index contributed by atoms with van der Waals surface area (Å²) in [6, 6.07) is 16.4. The van der Waals surface area contributed by atoms with Gasteiger partial charge in [0.1, 0.15) is 18.2 Å². The highest BCUT2D eigenvalue weighted by molar-refractivity contribution is 5.86. The van der Waals surface area contributed by atoms with Crippen molar-refractivity contribution in [3.05, 3.63) is 71.9 Å². The van der Waals surface area contributed by atoms with Crippen LogP contribution in [0.25, 0.3) is 10.9 Å². The Balaban J connectivity index is 1.75. The smallest absolute Gasteiger partial charge is 0.408 e. The lowest BCUT2D eigenvalue weighted by Crippen LogP contribution is -2.45. The Bertz CT molecular complexity index is 973. The Morgan fingerprint density at radius 1 is 1.03 bits per heavy atom. The van der Waals surface area contributed by atoms with E-state index in [1.807, 2.05) is 60.8 Å². The third kappa shape index (κ3) is 5.85. The molecule has 0 saturated carbocycles. The second-order valence-electron chi connectivity index (χ2n) is 7.86. The van der Waals surface area contributed by atoms with E-state index in [4.69, 9.17) is 9.47 Å². The normalized spacial score (nSPS) is 12.4. The van der Waals surface area contributed by atoms with Gasteiger partial charge in [-0.05, 0) is 38.0 Å². The number of carbonyl (C=O) groups is 2. The van der Waals surface area contributed by atoms with Gasteiger partial charge in [-0.1, -0.05) is 48.5 Å². The van der Waals surface area contributed by atoms with Crippen molar-refractivity contribution in [3.63, 3.8) is 0 Å². The maximum Gasteiger partial charge on any atom is 0.408 e. The SMILES string of the molecule is CC(C)(C)OC(=O)N[C@H](Cc1c[nH]c2ccccc12)C(=O)OCc1ccccc1. The summed E-state index contributed by atoms with van der Waals surface area (Å²) >= 11 is 0. The maximum atomic E-state index is 12.8. The molecule has 0 spiro atoms. The number of esters is 1. The highest BCUT2D eigenvalue weighted by Crippen LogP contribution is 2.20. The number of fused-ring (bicyclic) bond motifs is 1. The van der Waals surface area contributed by atoms with Gasteiger partial charge in [-0.3, -0.25) is 0 Å². The molecule has 0 aliphatic heterocycles. The lowest BCUT2D eigenvalue weighted by Gasteiger charge is -2.23. The van der Waals surface area contributed by atoms with Crippen LogP contribution in [0.2, 0.25) is 0 Å². The number of carbonyl (C=O) groups excluding carboxylic acids is 2. The molecule has 6 heteroatoms. The molecule has 0 bridgehead atoms. The van der Waals surface area contributed by atoms with Crippen LogP contribution in [0.1, 0.15) is 31.9 Å². The van der Waals surface area contributed by atoms with E-state index in [1.165, 1.54) is 0 Å². The number of alkyl carbamates (subject to hydrolysis) is 1. The van der Waals surface area contributed by atoms with Crippen molar-refractivity contribution in [2.45, 2.75) is 45.4 Å². The Hall–Kier alpha value is -3.28. The summed E-state index contributed by atoms with van der Waals surface area (Å²) < 4.78 is 10.8.